The van der Waals surface area contributed by atoms with Crippen molar-refractivity contribution in [2.45, 2.75) is 57.8 Å². The highest BCUT2D eigenvalue weighted by molar-refractivity contribution is 5.82. The van der Waals surface area contributed by atoms with Gasteiger partial charge < -0.3 is 4.98 Å². The van der Waals surface area contributed by atoms with Gasteiger partial charge in [0.25, 0.3) is 0 Å². The third kappa shape index (κ3) is 1.44. The fourth-order valence-electron chi connectivity index (χ4n) is 3.71. The van der Waals surface area contributed by atoms with Gasteiger partial charge in [0.2, 0.25) is 0 Å². The molecule has 2 aromatic rings. The van der Waals surface area contributed by atoms with Crippen LogP contribution in [0, 0.1) is 0 Å². The molecule has 1 aromatic heterocycles. The maximum Gasteiger partial charge on any atom is 0.0366 e. The molecule has 4 rings (SSSR count). The van der Waals surface area contributed by atoms with Crippen molar-refractivity contribution < 1.29 is 0 Å². The van der Waals surface area contributed by atoms with Gasteiger partial charge in [0.15, 0.2) is 0 Å². The molecule has 0 unspecified atom stereocenters. The Labute approximate surface area is 121 Å². The Morgan fingerprint density at radius 3 is 2.30 bits per heavy atom. The van der Waals surface area contributed by atoms with Crippen molar-refractivity contribution in [3.63, 3.8) is 0 Å². The van der Waals surface area contributed by atoms with E-state index in [2.05, 4.69) is 56.9 Å². The van der Waals surface area contributed by atoms with E-state index in [1.807, 2.05) is 0 Å². The Bertz CT molecular complexity index is 684. The lowest BCUT2D eigenvalue weighted by Crippen LogP contribution is -2.06. The second-order valence-electron chi connectivity index (χ2n) is 7.21. The molecule has 1 fully saturated rings. The van der Waals surface area contributed by atoms with Crippen molar-refractivity contribution in [1.82, 2.24) is 4.98 Å². The molecule has 1 heterocycles. The van der Waals surface area contributed by atoms with E-state index in [9.17, 15) is 0 Å². The SMILES string of the molecule is CC(C)c1ccc2c(c1)C1(CC1)c1[nH]c(C(C)C)cc1-2. The van der Waals surface area contributed by atoms with Gasteiger partial charge in [0, 0.05) is 22.4 Å². The van der Waals surface area contributed by atoms with Gasteiger partial charge in [-0.2, -0.15) is 0 Å². The smallest absolute Gasteiger partial charge is 0.0366 e. The zero-order chi connectivity index (χ0) is 14.1. The van der Waals surface area contributed by atoms with Gasteiger partial charge in [-0.15, -0.1) is 0 Å². The summed E-state index contributed by atoms with van der Waals surface area (Å²) in [5.41, 5.74) is 9.23. The average Bonchev–Trinajstić information content (AvgIpc) is 3.02. The lowest BCUT2D eigenvalue weighted by molar-refractivity contribution is 0.782. The first-order chi connectivity index (χ1) is 9.53. The van der Waals surface area contributed by atoms with Crippen molar-refractivity contribution in [2.24, 2.45) is 0 Å². The van der Waals surface area contributed by atoms with E-state index in [0.29, 0.717) is 17.3 Å². The number of H-pyrrole nitrogens is 1. The first-order valence-electron chi connectivity index (χ1n) is 7.91. The summed E-state index contributed by atoms with van der Waals surface area (Å²) in [5.74, 6) is 1.19. The molecule has 0 amide bonds. The molecule has 0 bridgehead atoms. The van der Waals surface area contributed by atoms with Crippen LogP contribution in [0.3, 0.4) is 0 Å². The molecule has 0 aliphatic heterocycles. The summed E-state index contributed by atoms with van der Waals surface area (Å²) < 4.78 is 0. The number of fused-ring (bicyclic) bond motifs is 5. The van der Waals surface area contributed by atoms with E-state index in [1.54, 1.807) is 5.56 Å². The molecule has 1 heteroatoms. The second kappa shape index (κ2) is 3.78. The van der Waals surface area contributed by atoms with Crippen LogP contribution >= 0.6 is 0 Å². The summed E-state index contributed by atoms with van der Waals surface area (Å²) in [6.07, 6.45) is 2.62. The fraction of sp³-hybridized carbons (Fsp3) is 0.474. The van der Waals surface area contributed by atoms with Crippen LogP contribution < -0.4 is 0 Å². The maximum atomic E-state index is 3.74. The van der Waals surface area contributed by atoms with Crippen LogP contribution in [0.15, 0.2) is 24.3 Å². The van der Waals surface area contributed by atoms with Gasteiger partial charge in [0.05, 0.1) is 0 Å². The van der Waals surface area contributed by atoms with Gasteiger partial charge in [-0.3, -0.25) is 0 Å². The van der Waals surface area contributed by atoms with Crippen LogP contribution in [0.2, 0.25) is 0 Å². The van der Waals surface area contributed by atoms with E-state index < -0.39 is 0 Å². The van der Waals surface area contributed by atoms with Crippen LogP contribution in [0.1, 0.15) is 74.9 Å². The molecule has 1 N–H and O–H groups in total. The standard InChI is InChI=1S/C19H23N/c1-11(2)13-5-6-14-15-10-17(12(3)4)20-18(15)19(7-8-19)16(14)9-13/h5-6,9-12,20H,7-8H2,1-4H3. The van der Waals surface area contributed by atoms with Crippen molar-refractivity contribution in [3.05, 3.63) is 46.8 Å². The van der Waals surface area contributed by atoms with E-state index in [0.717, 1.165) is 0 Å². The van der Waals surface area contributed by atoms with Crippen LogP contribution in [-0.2, 0) is 5.41 Å². The maximum absolute atomic E-state index is 3.74. The van der Waals surface area contributed by atoms with E-state index in [4.69, 9.17) is 0 Å². The monoisotopic (exact) mass is 265 g/mol. The highest BCUT2D eigenvalue weighted by Gasteiger charge is 2.53. The second-order valence-corrected chi connectivity index (χ2v) is 7.21. The van der Waals surface area contributed by atoms with Crippen LogP contribution in [0.4, 0.5) is 0 Å². The van der Waals surface area contributed by atoms with Gasteiger partial charge in [0.1, 0.15) is 0 Å². The van der Waals surface area contributed by atoms with Gasteiger partial charge in [-0.05, 0) is 47.4 Å². The van der Waals surface area contributed by atoms with Gasteiger partial charge in [-0.25, -0.2) is 0 Å². The Kier molecular flexibility index (Phi) is 2.32. The lowest BCUT2D eigenvalue weighted by Gasteiger charge is -2.14. The molecular formula is C19H23N. The largest absolute Gasteiger partial charge is 0.361 e. The van der Waals surface area contributed by atoms with Crippen molar-refractivity contribution in [1.29, 1.82) is 0 Å². The number of hydrogen-bond donors (Lipinski definition) is 1. The number of benzene rings is 1. The van der Waals surface area contributed by atoms with Crippen molar-refractivity contribution in [3.8, 4) is 11.1 Å². The zero-order valence-corrected chi connectivity index (χ0v) is 12.9. The average molecular weight is 265 g/mol. The van der Waals surface area contributed by atoms with Crippen molar-refractivity contribution >= 4 is 0 Å². The predicted molar refractivity (Wildman–Crippen MR) is 84.4 cm³/mol. The number of nitrogens with one attached hydrogen (secondary N) is 1. The van der Waals surface area contributed by atoms with Crippen LogP contribution in [0.25, 0.3) is 11.1 Å². The first kappa shape index (κ1) is 12.3. The molecule has 20 heavy (non-hydrogen) atoms. The summed E-state index contributed by atoms with van der Waals surface area (Å²) in [4.78, 5) is 3.74. The van der Waals surface area contributed by atoms with E-state index in [-0.39, 0.29) is 0 Å². The highest BCUT2D eigenvalue weighted by atomic mass is 14.8. The summed E-state index contributed by atoms with van der Waals surface area (Å²) in [7, 11) is 0. The number of hydrogen-bond acceptors (Lipinski definition) is 0. The lowest BCUT2D eigenvalue weighted by atomic mass is 9.92. The topological polar surface area (TPSA) is 15.8 Å². The molecule has 1 nitrogen and oxygen atoms in total. The summed E-state index contributed by atoms with van der Waals surface area (Å²) in [5, 5.41) is 0. The molecule has 0 saturated heterocycles. The Morgan fingerprint density at radius 1 is 0.950 bits per heavy atom. The van der Waals surface area contributed by atoms with E-state index in [1.165, 1.54) is 40.9 Å². The Morgan fingerprint density at radius 2 is 1.70 bits per heavy atom. The van der Waals surface area contributed by atoms with Crippen molar-refractivity contribution in [2.75, 3.05) is 0 Å². The molecule has 0 radical (unpaired) electrons. The quantitative estimate of drug-likeness (QED) is 0.756. The number of aromatic amines is 1. The summed E-state index contributed by atoms with van der Waals surface area (Å²) >= 11 is 0. The minimum atomic E-state index is 0.336. The summed E-state index contributed by atoms with van der Waals surface area (Å²) in [6, 6.07) is 9.53. The van der Waals surface area contributed by atoms with Gasteiger partial charge in [-0.1, -0.05) is 45.9 Å². The minimum Gasteiger partial charge on any atom is -0.361 e. The number of aromatic nitrogens is 1. The molecule has 0 atom stereocenters. The van der Waals surface area contributed by atoms with Crippen LogP contribution in [0.5, 0.6) is 0 Å². The molecule has 1 aromatic carbocycles. The molecule has 1 spiro atoms. The molecule has 2 aliphatic rings. The normalized spacial score (nSPS) is 17.9. The van der Waals surface area contributed by atoms with Crippen LogP contribution in [-0.4, -0.2) is 4.98 Å². The third-order valence-electron chi connectivity index (χ3n) is 5.21. The molecule has 2 aliphatic carbocycles. The molecular weight excluding hydrogens is 242 g/mol. The minimum absolute atomic E-state index is 0.336. The first-order valence-corrected chi connectivity index (χ1v) is 7.91. The summed E-state index contributed by atoms with van der Waals surface area (Å²) in [6.45, 7) is 9.10. The van der Waals surface area contributed by atoms with Gasteiger partial charge >= 0.3 is 0 Å². The predicted octanol–water partition coefficient (Wildman–Crippen LogP) is 5.32. The molecule has 1 saturated carbocycles. The Hall–Kier alpha value is -1.50. The Balaban J connectivity index is 1.92. The highest BCUT2D eigenvalue weighted by Crippen LogP contribution is 2.62. The zero-order valence-electron chi connectivity index (χ0n) is 12.9. The fourth-order valence-corrected chi connectivity index (χ4v) is 3.71. The third-order valence-corrected chi connectivity index (χ3v) is 5.21. The van der Waals surface area contributed by atoms with E-state index >= 15 is 0 Å². The number of rotatable bonds is 2. The molecule has 104 valence electrons.